The van der Waals surface area contributed by atoms with Crippen LogP contribution < -0.4 is 0 Å². The number of rotatable bonds is 2. The van der Waals surface area contributed by atoms with Crippen LogP contribution in [0.15, 0.2) is 27.4 Å². The van der Waals surface area contributed by atoms with Crippen molar-refractivity contribution in [3.8, 4) is 10.7 Å². The molecule has 0 aliphatic carbocycles. The van der Waals surface area contributed by atoms with Gasteiger partial charge in [-0.1, -0.05) is 0 Å². The van der Waals surface area contributed by atoms with E-state index in [1.54, 1.807) is 12.4 Å². The lowest BCUT2D eigenvalue weighted by Gasteiger charge is -1.99. The van der Waals surface area contributed by atoms with Gasteiger partial charge in [0.15, 0.2) is 5.78 Å². The van der Waals surface area contributed by atoms with E-state index in [4.69, 9.17) is 0 Å². The molecule has 3 nitrogen and oxygen atoms in total. The number of hydrogen-bond acceptors (Lipinski definition) is 4. The molecular formula is C10H6Br2N2OS. The number of pyridine rings is 1. The molecule has 0 bridgehead atoms. The fourth-order valence-electron chi connectivity index (χ4n) is 1.12. The Bertz CT molecular complexity index is 554. The molecule has 2 heterocycles. The minimum atomic E-state index is 0.0250. The van der Waals surface area contributed by atoms with E-state index in [1.165, 1.54) is 18.3 Å². The van der Waals surface area contributed by atoms with Gasteiger partial charge in [-0.15, -0.1) is 11.3 Å². The molecule has 0 unspecified atom stereocenters. The molecule has 82 valence electrons. The van der Waals surface area contributed by atoms with Gasteiger partial charge in [0.25, 0.3) is 0 Å². The first-order valence-electron chi connectivity index (χ1n) is 4.36. The van der Waals surface area contributed by atoms with Crippen LogP contribution in [0.1, 0.15) is 16.6 Å². The maximum atomic E-state index is 11.2. The summed E-state index contributed by atoms with van der Waals surface area (Å²) in [6.07, 6.45) is 3.29. The molecule has 16 heavy (non-hydrogen) atoms. The summed E-state index contributed by atoms with van der Waals surface area (Å²) in [7, 11) is 0. The summed E-state index contributed by atoms with van der Waals surface area (Å²) in [6.45, 7) is 1.53. The molecule has 0 fully saturated rings. The van der Waals surface area contributed by atoms with Crippen molar-refractivity contribution in [2.75, 3.05) is 0 Å². The number of hydrogen-bond donors (Lipinski definition) is 0. The van der Waals surface area contributed by atoms with E-state index in [9.17, 15) is 4.79 Å². The van der Waals surface area contributed by atoms with Gasteiger partial charge in [-0.05, 0) is 37.9 Å². The predicted octanol–water partition coefficient (Wildman–Crippen LogP) is 3.93. The number of carbonyl (C=O) groups is 1. The van der Waals surface area contributed by atoms with E-state index in [0.29, 0.717) is 4.88 Å². The lowest BCUT2D eigenvalue weighted by Crippen LogP contribution is -1.84. The summed E-state index contributed by atoms with van der Waals surface area (Å²) in [5.41, 5.74) is 0.751. The van der Waals surface area contributed by atoms with E-state index in [2.05, 4.69) is 41.8 Å². The van der Waals surface area contributed by atoms with Crippen molar-refractivity contribution < 1.29 is 4.79 Å². The number of Topliss-reactive ketones (excluding diaryl/α,β-unsaturated/α-hetero) is 1. The highest BCUT2D eigenvalue weighted by Crippen LogP contribution is 2.31. The number of aromatic nitrogens is 2. The maximum Gasteiger partial charge on any atom is 0.171 e. The summed E-state index contributed by atoms with van der Waals surface area (Å²) < 4.78 is 1.75. The largest absolute Gasteiger partial charge is 0.294 e. The molecule has 0 spiro atoms. The highest BCUT2D eigenvalue weighted by molar-refractivity contribution is 9.11. The highest BCUT2D eigenvalue weighted by atomic mass is 79.9. The molecule has 0 amide bonds. The zero-order valence-electron chi connectivity index (χ0n) is 8.20. The summed E-state index contributed by atoms with van der Waals surface area (Å²) in [5.74, 6) is 0.0250. The van der Waals surface area contributed by atoms with E-state index < -0.39 is 0 Å². The van der Waals surface area contributed by atoms with Crippen molar-refractivity contribution in [3.63, 3.8) is 0 Å². The summed E-state index contributed by atoms with van der Waals surface area (Å²) >= 11 is 8.10. The molecule has 2 rings (SSSR count). The SMILES string of the molecule is CC(=O)c1cnc(-c2ncc(Br)cc2Br)s1. The van der Waals surface area contributed by atoms with E-state index in [0.717, 1.165) is 19.6 Å². The van der Waals surface area contributed by atoms with Crippen molar-refractivity contribution in [1.82, 2.24) is 9.97 Å². The van der Waals surface area contributed by atoms with Crippen molar-refractivity contribution in [2.45, 2.75) is 6.92 Å². The van der Waals surface area contributed by atoms with Crippen molar-refractivity contribution in [2.24, 2.45) is 0 Å². The van der Waals surface area contributed by atoms with Crippen LogP contribution in [0.4, 0.5) is 0 Å². The zero-order valence-corrected chi connectivity index (χ0v) is 12.2. The number of halogens is 2. The summed E-state index contributed by atoms with van der Waals surface area (Å²) in [6, 6.07) is 1.90. The zero-order chi connectivity index (χ0) is 11.7. The molecule has 0 atom stereocenters. The first-order chi connectivity index (χ1) is 7.58. The molecule has 0 aromatic carbocycles. The fraction of sp³-hybridized carbons (Fsp3) is 0.100. The molecule has 6 heteroatoms. The Kier molecular flexibility index (Phi) is 3.51. The Balaban J connectivity index is 2.46. The monoisotopic (exact) mass is 360 g/mol. The normalized spacial score (nSPS) is 10.4. The maximum absolute atomic E-state index is 11.2. The fourth-order valence-corrected chi connectivity index (χ4v) is 3.25. The van der Waals surface area contributed by atoms with Gasteiger partial charge in [0.2, 0.25) is 0 Å². The second-order valence-corrected chi connectivity index (χ2v) is 5.87. The summed E-state index contributed by atoms with van der Waals surface area (Å²) in [5, 5.41) is 0.740. The molecule has 0 aliphatic heterocycles. The molecule has 0 radical (unpaired) electrons. The van der Waals surface area contributed by atoms with Gasteiger partial charge in [-0.2, -0.15) is 0 Å². The van der Waals surface area contributed by atoms with Gasteiger partial charge in [-0.25, -0.2) is 4.98 Å². The Labute approximate surface area is 113 Å². The Morgan fingerprint density at radius 3 is 2.62 bits per heavy atom. The minimum Gasteiger partial charge on any atom is -0.294 e. The van der Waals surface area contributed by atoms with Gasteiger partial charge in [0, 0.05) is 28.3 Å². The van der Waals surface area contributed by atoms with Crippen LogP contribution in [0.2, 0.25) is 0 Å². The smallest absolute Gasteiger partial charge is 0.171 e. The molecule has 0 saturated carbocycles. The van der Waals surface area contributed by atoms with E-state index in [-0.39, 0.29) is 5.78 Å². The third kappa shape index (κ3) is 2.39. The van der Waals surface area contributed by atoms with Crippen LogP contribution in [-0.4, -0.2) is 15.8 Å². The quantitative estimate of drug-likeness (QED) is 0.761. The molecular weight excluding hydrogens is 356 g/mol. The van der Waals surface area contributed by atoms with Gasteiger partial charge < -0.3 is 0 Å². The molecule has 2 aromatic heterocycles. The standard InChI is InChI=1S/C10H6Br2N2OS/c1-5(15)8-4-14-10(16-8)9-7(12)2-6(11)3-13-9/h2-4H,1H3. The van der Waals surface area contributed by atoms with Crippen LogP contribution in [0, 0.1) is 0 Å². The highest BCUT2D eigenvalue weighted by Gasteiger charge is 2.12. The minimum absolute atomic E-state index is 0.0250. The Morgan fingerprint density at radius 2 is 2.06 bits per heavy atom. The molecule has 0 N–H and O–H groups in total. The third-order valence-corrected chi connectivity index (χ3v) is 4.01. The Hall–Kier alpha value is -0.590. The third-order valence-electron chi connectivity index (χ3n) is 1.86. The summed E-state index contributed by atoms with van der Waals surface area (Å²) in [4.78, 5) is 20.3. The van der Waals surface area contributed by atoms with Crippen LogP contribution in [-0.2, 0) is 0 Å². The van der Waals surface area contributed by atoms with E-state index in [1.807, 2.05) is 6.07 Å². The second kappa shape index (κ2) is 4.73. The van der Waals surface area contributed by atoms with Crippen LogP contribution in [0.5, 0.6) is 0 Å². The van der Waals surface area contributed by atoms with Gasteiger partial charge >= 0.3 is 0 Å². The Morgan fingerprint density at radius 1 is 1.31 bits per heavy atom. The van der Waals surface area contributed by atoms with Crippen molar-refractivity contribution in [3.05, 3.63) is 32.3 Å². The predicted molar refractivity (Wildman–Crippen MR) is 70.7 cm³/mol. The second-order valence-electron chi connectivity index (χ2n) is 3.07. The number of ketones is 1. The van der Waals surface area contributed by atoms with Crippen molar-refractivity contribution in [1.29, 1.82) is 0 Å². The number of thiazole rings is 1. The average Bonchev–Trinajstić information content (AvgIpc) is 2.66. The molecule has 0 aliphatic rings. The number of carbonyl (C=O) groups excluding carboxylic acids is 1. The van der Waals surface area contributed by atoms with Gasteiger partial charge in [-0.3, -0.25) is 9.78 Å². The first kappa shape index (κ1) is 11.9. The van der Waals surface area contributed by atoms with E-state index >= 15 is 0 Å². The number of nitrogens with zero attached hydrogens (tertiary/aromatic N) is 2. The first-order valence-corrected chi connectivity index (χ1v) is 6.76. The lowest BCUT2D eigenvalue weighted by molar-refractivity contribution is 0.102. The van der Waals surface area contributed by atoms with Crippen LogP contribution in [0.3, 0.4) is 0 Å². The van der Waals surface area contributed by atoms with Crippen LogP contribution in [0.25, 0.3) is 10.7 Å². The van der Waals surface area contributed by atoms with Crippen LogP contribution >= 0.6 is 43.2 Å². The molecule has 0 saturated heterocycles. The van der Waals surface area contributed by atoms with Gasteiger partial charge in [0.1, 0.15) is 10.7 Å². The lowest BCUT2D eigenvalue weighted by atomic mass is 10.4. The topological polar surface area (TPSA) is 42.9 Å². The van der Waals surface area contributed by atoms with Gasteiger partial charge in [0.05, 0.1) is 4.88 Å². The average molecular weight is 362 g/mol. The molecule has 2 aromatic rings. The van der Waals surface area contributed by atoms with Crippen molar-refractivity contribution >= 4 is 49.0 Å².